The van der Waals surface area contributed by atoms with Crippen LogP contribution in [0, 0.1) is 0 Å². The Hall–Kier alpha value is -3.52. The number of carbonyl (C=O) groups excluding carboxylic acids is 2. The number of nitrogens with one attached hydrogen (secondary N) is 2. The van der Waals surface area contributed by atoms with E-state index < -0.39 is 34.2 Å². The van der Waals surface area contributed by atoms with Crippen molar-refractivity contribution in [1.82, 2.24) is 25.3 Å². The lowest BCUT2D eigenvalue weighted by molar-refractivity contribution is -0.126. The predicted molar refractivity (Wildman–Crippen MR) is 121 cm³/mol. The highest BCUT2D eigenvalue weighted by Gasteiger charge is 2.51. The van der Waals surface area contributed by atoms with Crippen LogP contribution in [0.2, 0.25) is 0 Å². The Labute approximate surface area is 193 Å². The largest absolute Gasteiger partial charge is 0.325 e. The van der Waals surface area contributed by atoms with Crippen molar-refractivity contribution >= 4 is 50.1 Å². The number of aromatic nitrogens is 2. The first-order valence-corrected chi connectivity index (χ1v) is 12.4. The second-order valence-electron chi connectivity index (χ2n) is 7.66. The third-order valence-corrected chi connectivity index (χ3v) is 8.02. The van der Waals surface area contributed by atoms with Crippen LogP contribution in [0.3, 0.4) is 0 Å². The van der Waals surface area contributed by atoms with Gasteiger partial charge in [-0.05, 0) is 37.6 Å². The van der Waals surface area contributed by atoms with Crippen molar-refractivity contribution < 1.29 is 18.0 Å². The van der Waals surface area contributed by atoms with Crippen LogP contribution >= 0.6 is 11.3 Å². The van der Waals surface area contributed by atoms with E-state index in [1.165, 1.54) is 28.4 Å². The number of benzene rings is 1. The molecule has 3 aliphatic heterocycles. The van der Waals surface area contributed by atoms with Gasteiger partial charge in [0, 0.05) is 24.6 Å². The fourth-order valence-electron chi connectivity index (χ4n) is 3.90. The zero-order valence-electron chi connectivity index (χ0n) is 17.9. The van der Waals surface area contributed by atoms with E-state index in [9.17, 15) is 18.0 Å². The molecule has 5 rings (SSSR count). The molecule has 0 bridgehead atoms. The van der Waals surface area contributed by atoms with Gasteiger partial charge in [-0.15, -0.1) is 10.2 Å². The zero-order valence-corrected chi connectivity index (χ0v) is 19.5. The summed E-state index contributed by atoms with van der Waals surface area (Å²) in [6, 6.07) is 5.13. The predicted octanol–water partition coefficient (Wildman–Crippen LogP) is 1.13. The molecule has 12 nitrogen and oxygen atoms in total. The molecule has 3 amide bonds. The number of guanidine groups is 1. The van der Waals surface area contributed by atoms with E-state index in [-0.39, 0.29) is 10.0 Å². The third-order valence-electron chi connectivity index (χ3n) is 5.55. The number of nitrogens with zero attached hydrogens (tertiary/aromatic N) is 6. The SMILES string of the molecule is CCc1nnc(NS(=O)(=O)c2ccc(N3C(C)=CN4C3=NC3C4C(=O)NC(=O)N3C)cc2)s1. The number of carbonyl (C=O) groups is 2. The van der Waals surface area contributed by atoms with Crippen LogP contribution in [0.25, 0.3) is 0 Å². The van der Waals surface area contributed by atoms with Crippen molar-refractivity contribution in [2.45, 2.75) is 37.4 Å². The maximum atomic E-state index is 12.7. The first-order valence-electron chi connectivity index (χ1n) is 10.1. The maximum absolute atomic E-state index is 12.7. The molecule has 2 N–H and O–H groups in total. The summed E-state index contributed by atoms with van der Waals surface area (Å²) in [6.07, 6.45) is 1.82. The van der Waals surface area contributed by atoms with Crippen molar-refractivity contribution in [1.29, 1.82) is 0 Å². The fraction of sp³-hybridized carbons (Fsp3) is 0.316. The van der Waals surface area contributed by atoms with E-state index in [0.717, 1.165) is 10.7 Å². The van der Waals surface area contributed by atoms with Crippen LogP contribution in [0.1, 0.15) is 18.9 Å². The summed E-state index contributed by atoms with van der Waals surface area (Å²) < 4.78 is 27.9. The van der Waals surface area contributed by atoms with E-state index >= 15 is 0 Å². The van der Waals surface area contributed by atoms with Crippen LogP contribution in [-0.4, -0.2) is 65.6 Å². The number of likely N-dealkylation sites (N-methyl/N-ethyl adjacent to an activating group) is 1. The summed E-state index contributed by atoms with van der Waals surface area (Å²) in [5.41, 5.74) is 1.47. The van der Waals surface area contributed by atoms with Gasteiger partial charge in [0.2, 0.25) is 11.1 Å². The summed E-state index contributed by atoms with van der Waals surface area (Å²) in [4.78, 5) is 34.0. The minimum Gasteiger partial charge on any atom is -0.303 e. The number of amides is 3. The number of hydrogen-bond donors (Lipinski definition) is 2. The minimum atomic E-state index is -3.83. The molecule has 3 aliphatic rings. The molecular weight excluding hydrogens is 468 g/mol. The normalized spacial score (nSPS) is 22.1. The van der Waals surface area contributed by atoms with Gasteiger partial charge in [-0.3, -0.25) is 19.7 Å². The number of aryl methyl sites for hydroxylation is 1. The maximum Gasteiger partial charge on any atom is 0.325 e. The molecule has 0 aliphatic carbocycles. The van der Waals surface area contributed by atoms with Gasteiger partial charge in [0.1, 0.15) is 5.01 Å². The highest BCUT2D eigenvalue weighted by atomic mass is 32.2. The Morgan fingerprint density at radius 1 is 1.18 bits per heavy atom. The molecule has 1 fully saturated rings. The van der Waals surface area contributed by atoms with Gasteiger partial charge >= 0.3 is 6.03 Å². The smallest absolute Gasteiger partial charge is 0.303 e. The molecule has 0 saturated carbocycles. The molecule has 33 heavy (non-hydrogen) atoms. The number of sulfonamides is 1. The van der Waals surface area contributed by atoms with Crippen LogP contribution < -0.4 is 14.9 Å². The molecule has 4 heterocycles. The number of urea groups is 1. The Kier molecular flexibility index (Phi) is 4.86. The summed E-state index contributed by atoms with van der Waals surface area (Å²) in [7, 11) is -2.25. The van der Waals surface area contributed by atoms with Gasteiger partial charge in [-0.1, -0.05) is 18.3 Å². The lowest BCUT2D eigenvalue weighted by Gasteiger charge is -2.34. The molecule has 2 atom stereocenters. The highest BCUT2D eigenvalue weighted by Crippen LogP contribution is 2.35. The second kappa shape index (κ2) is 7.52. The van der Waals surface area contributed by atoms with Gasteiger partial charge in [0.25, 0.3) is 15.9 Å². The van der Waals surface area contributed by atoms with Gasteiger partial charge in [0.15, 0.2) is 12.2 Å². The number of aliphatic imine (C=N–C) groups is 1. The van der Waals surface area contributed by atoms with E-state index in [0.29, 0.717) is 18.1 Å². The molecule has 14 heteroatoms. The molecular formula is C19H20N8O4S2. The van der Waals surface area contributed by atoms with Crippen LogP contribution in [0.5, 0.6) is 0 Å². The van der Waals surface area contributed by atoms with Crippen molar-refractivity contribution in [2.24, 2.45) is 4.99 Å². The van der Waals surface area contributed by atoms with E-state index in [1.54, 1.807) is 30.3 Å². The standard InChI is InChI=1S/C19H20N8O4S2/c1-4-13-22-23-17(32-13)24-33(30,31)12-7-5-11(6-8-12)27-10(2)9-26-14-15(20-18(26)27)25(3)19(29)21-16(14)28/h5-9,14-15H,4H2,1-3H3,(H,23,24)(H,21,28,29). The topological polar surface area (TPSA) is 140 Å². The Balaban J connectivity index is 1.41. The summed E-state index contributed by atoms with van der Waals surface area (Å²) in [5, 5.41) is 11.1. The van der Waals surface area contributed by atoms with Crippen molar-refractivity contribution in [2.75, 3.05) is 16.7 Å². The number of rotatable bonds is 5. The molecule has 2 unspecified atom stereocenters. The lowest BCUT2D eigenvalue weighted by atomic mass is 10.1. The van der Waals surface area contributed by atoms with Gasteiger partial charge < -0.3 is 9.80 Å². The molecule has 1 aromatic heterocycles. The summed E-state index contributed by atoms with van der Waals surface area (Å²) in [5.74, 6) is 0.0806. The minimum absolute atomic E-state index is 0.0731. The second-order valence-corrected chi connectivity index (χ2v) is 10.4. The first kappa shape index (κ1) is 21.3. The van der Waals surface area contributed by atoms with Crippen molar-refractivity contribution in [3.05, 3.63) is 41.2 Å². The Bertz CT molecular complexity index is 1320. The van der Waals surface area contributed by atoms with E-state index in [1.807, 2.05) is 18.7 Å². The molecule has 1 aromatic carbocycles. The average Bonchev–Trinajstić information content (AvgIpc) is 3.45. The lowest BCUT2D eigenvalue weighted by Crippen LogP contribution is -2.62. The number of hydrogen-bond acceptors (Lipinski definition) is 10. The highest BCUT2D eigenvalue weighted by molar-refractivity contribution is 7.93. The Morgan fingerprint density at radius 2 is 1.91 bits per heavy atom. The van der Waals surface area contributed by atoms with E-state index in [2.05, 4.69) is 25.2 Å². The first-order chi connectivity index (χ1) is 15.7. The number of imide groups is 1. The molecule has 0 spiro atoms. The molecule has 0 radical (unpaired) electrons. The quantitative estimate of drug-likeness (QED) is 0.638. The van der Waals surface area contributed by atoms with Crippen LogP contribution in [0.4, 0.5) is 15.6 Å². The van der Waals surface area contributed by atoms with Gasteiger partial charge in [-0.2, -0.15) is 0 Å². The monoisotopic (exact) mass is 488 g/mol. The summed E-state index contributed by atoms with van der Waals surface area (Å²) in [6.45, 7) is 3.78. The zero-order chi connectivity index (χ0) is 23.5. The average molecular weight is 489 g/mol. The van der Waals surface area contributed by atoms with Gasteiger partial charge in [-0.25, -0.2) is 18.2 Å². The van der Waals surface area contributed by atoms with Crippen molar-refractivity contribution in [3.63, 3.8) is 0 Å². The Morgan fingerprint density at radius 3 is 2.58 bits per heavy atom. The third kappa shape index (κ3) is 3.41. The molecule has 2 aromatic rings. The molecule has 1 saturated heterocycles. The van der Waals surface area contributed by atoms with Crippen LogP contribution in [0.15, 0.2) is 46.1 Å². The van der Waals surface area contributed by atoms with Gasteiger partial charge in [0.05, 0.1) is 4.90 Å². The van der Waals surface area contributed by atoms with E-state index in [4.69, 9.17) is 0 Å². The fourth-order valence-corrected chi connectivity index (χ4v) is 5.81. The van der Waals surface area contributed by atoms with Crippen LogP contribution in [-0.2, 0) is 21.2 Å². The summed E-state index contributed by atoms with van der Waals surface area (Å²) >= 11 is 1.19. The number of fused-ring (bicyclic) bond motifs is 3. The van der Waals surface area contributed by atoms with Crippen molar-refractivity contribution in [3.8, 4) is 0 Å². The number of anilines is 2. The molecule has 172 valence electrons. The number of allylic oxidation sites excluding steroid dienone is 1.